The lowest BCUT2D eigenvalue weighted by Crippen LogP contribution is -2.47. The third-order valence-corrected chi connectivity index (χ3v) is 6.56. The first-order chi connectivity index (χ1) is 13.2. The van der Waals surface area contributed by atoms with Gasteiger partial charge in [-0.25, -0.2) is 4.39 Å². The van der Waals surface area contributed by atoms with Crippen LogP contribution in [0, 0.1) is 11.2 Å². The van der Waals surface area contributed by atoms with E-state index in [1.165, 1.54) is 25.7 Å². The van der Waals surface area contributed by atoms with Gasteiger partial charge >= 0.3 is 0 Å². The number of aliphatic imine (C=N–C) groups is 1. The first kappa shape index (κ1) is 21.8. The number of nitrogens with one attached hydrogen (secondary N) is 1. The molecule has 1 aromatic carbocycles. The molecule has 156 valence electrons. The molecule has 1 spiro atoms. The number of halogens is 2. The molecule has 3 fully saturated rings. The zero-order valence-corrected chi connectivity index (χ0v) is 19.0. The minimum Gasteiger partial charge on any atom is -0.379 e. The molecule has 4 rings (SSSR count). The van der Waals surface area contributed by atoms with Crippen molar-refractivity contribution in [2.24, 2.45) is 10.4 Å². The highest BCUT2D eigenvalue weighted by atomic mass is 127. The minimum atomic E-state index is -0.189. The Morgan fingerprint density at radius 2 is 1.89 bits per heavy atom. The number of likely N-dealkylation sites (tertiary alicyclic amines) is 1. The molecule has 1 saturated carbocycles. The van der Waals surface area contributed by atoms with Gasteiger partial charge in [0, 0.05) is 39.8 Å². The van der Waals surface area contributed by atoms with E-state index in [0.29, 0.717) is 5.41 Å². The second-order valence-electron chi connectivity index (χ2n) is 8.17. The zero-order chi connectivity index (χ0) is 18.7. The van der Waals surface area contributed by atoms with Gasteiger partial charge in [0.15, 0.2) is 5.96 Å². The average molecular weight is 502 g/mol. The summed E-state index contributed by atoms with van der Waals surface area (Å²) in [5, 5.41) is 3.61. The van der Waals surface area contributed by atoms with Gasteiger partial charge in [0.25, 0.3) is 0 Å². The Morgan fingerprint density at radius 3 is 2.46 bits per heavy atom. The van der Waals surface area contributed by atoms with Crippen molar-refractivity contribution in [2.45, 2.75) is 31.7 Å². The van der Waals surface area contributed by atoms with Crippen LogP contribution in [-0.2, 0) is 4.74 Å². The Labute approximate surface area is 184 Å². The number of nitrogens with zero attached hydrogens (tertiary/aromatic N) is 3. The molecule has 7 heteroatoms. The third kappa shape index (κ3) is 4.79. The number of rotatable bonds is 4. The molecule has 0 amide bonds. The number of hydrogen-bond acceptors (Lipinski definition) is 3. The molecule has 1 atom stereocenters. The predicted octanol–water partition coefficient (Wildman–Crippen LogP) is 3.27. The summed E-state index contributed by atoms with van der Waals surface area (Å²) in [6.45, 7) is 6.29. The highest BCUT2D eigenvalue weighted by Crippen LogP contribution is 2.47. The van der Waals surface area contributed by atoms with E-state index in [1.807, 2.05) is 19.2 Å². The average Bonchev–Trinajstić information content (AvgIpc) is 3.13. The Morgan fingerprint density at radius 1 is 1.18 bits per heavy atom. The van der Waals surface area contributed by atoms with Crippen LogP contribution in [-0.4, -0.2) is 68.7 Å². The summed E-state index contributed by atoms with van der Waals surface area (Å²) in [5.74, 6) is 0.810. The molecule has 0 radical (unpaired) electrons. The largest absolute Gasteiger partial charge is 0.379 e. The van der Waals surface area contributed by atoms with Gasteiger partial charge in [-0.2, -0.15) is 0 Å². The lowest BCUT2D eigenvalue weighted by atomic mass is 9.68. The van der Waals surface area contributed by atoms with Crippen LogP contribution in [0.3, 0.4) is 0 Å². The van der Waals surface area contributed by atoms with Gasteiger partial charge in [0.1, 0.15) is 5.82 Å². The Hall–Kier alpha value is -0.930. The minimum absolute atomic E-state index is 0. The molecule has 0 aromatic heterocycles. The van der Waals surface area contributed by atoms with Crippen molar-refractivity contribution in [3.8, 4) is 0 Å². The van der Waals surface area contributed by atoms with E-state index in [9.17, 15) is 4.39 Å². The number of morpholine rings is 1. The molecule has 2 saturated heterocycles. The SMILES string of the molecule is CN=C(NCC(c1ccc(F)cc1)N1CCOCC1)N1CCC2(CCC2)C1.I. The molecule has 1 aliphatic carbocycles. The molecule has 28 heavy (non-hydrogen) atoms. The van der Waals surface area contributed by atoms with Gasteiger partial charge in [0.2, 0.25) is 0 Å². The summed E-state index contributed by atoms with van der Waals surface area (Å²) in [6.07, 6.45) is 5.40. The van der Waals surface area contributed by atoms with Crippen molar-refractivity contribution < 1.29 is 9.13 Å². The maximum Gasteiger partial charge on any atom is 0.193 e. The summed E-state index contributed by atoms with van der Waals surface area (Å²) in [5.41, 5.74) is 1.69. The summed E-state index contributed by atoms with van der Waals surface area (Å²) in [7, 11) is 1.87. The Kier molecular flexibility index (Phi) is 7.55. The van der Waals surface area contributed by atoms with E-state index in [2.05, 4.69) is 20.1 Å². The van der Waals surface area contributed by atoms with E-state index >= 15 is 0 Å². The maximum absolute atomic E-state index is 13.4. The van der Waals surface area contributed by atoms with Gasteiger partial charge < -0.3 is 15.0 Å². The smallest absolute Gasteiger partial charge is 0.193 e. The fraction of sp³-hybridized carbons (Fsp3) is 0.667. The van der Waals surface area contributed by atoms with Crippen molar-refractivity contribution in [3.63, 3.8) is 0 Å². The lowest BCUT2D eigenvalue weighted by Gasteiger charge is -2.38. The Balaban J connectivity index is 0.00000225. The fourth-order valence-electron chi connectivity index (χ4n) is 4.75. The standard InChI is InChI=1S/C21H31FN4O.HI/c1-23-20(26-10-9-21(16-26)7-2-8-21)24-15-19(25-11-13-27-14-12-25)17-3-5-18(22)6-4-17;/h3-6,19H,2,7-16H2,1H3,(H,23,24);1H. The monoisotopic (exact) mass is 502 g/mol. The van der Waals surface area contributed by atoms with E-state index in [1.54, 1.807) is 12.1 Å². The van der Waals surface area contributed by atoms with Crippen molar-refractivity contribution in [1.29, 1.82) is 0 Å². The van der Waals surface area contributed by atoms with E-state index in [-0.39, 0.29) is 35.8 Å². The van der Waals surface area contributed by atoms with Crippen LogP contribution in [0.15, 0.2) is 29.3 Å². The molecule has 0 bridgehead atoms. The van der Waals surface area contributed by atoms with Gasteiger partial charge in [-0.05, 0) is 42.4 Å². The van der Waals surface area contributed by atoms with E-state index in [4.69, 9.17) is 4.74 Å². The summed E-state index contributed by atoms with van der Waals surface area (Å²) >= 11 is 0. The van der Waals surface area contributed by atoms with E-state index in [0.717, 1.165) is 57.5 Å². The number of guanidine groups is 1. The quantitative estimate of drug-likeness (QED) is 0.390. The summed E-state index contributed by atoms with van der Waals surface area (Å²) < 4.78 is 18.9. The van der Waals surface area contributed by atoms with Crippen LogP contribution in [0.4, 0.5) is 4.39 Å². The van der Waals surface area contributed by atoms with Crippen LogP contribution >= 0.6 is 24.0 Å². The molecular formula is C21H32FIN4O. The van der Waals surface area contributed by atoms with Gasteiger partial charge in [-0.15, -0.1) is 24.0 Å². The summed E-state index contributed by atoms with van der Waals surface area (Å²) in [4.78, 5) is 9.39. The van der Waals surface area contributed by atoms with E-state index < -0.39 is 0 Å². The summed E-state index contributed by atoms with van der Waals surface area (Å²) in [6, 6.07) is 7.10. The number of benzene rings is 1. The maximum atomic E-state index is 13.4. The third-order valence-electron chi connectivity index (χ3n) is 6.56. The van der Waals surface area contributed by atoms with Gasteiger partial charge in [-0.1, -0.05) is 18.6 Å². The Bertz CT molecular complexity index is 659. The molecule has 5 nitrogen and oxygen atoms in total. The van der Waals surface area contributed by atoms with Crippen LogP contribution in [0.25, 0.3) is 0 Å². The molecule has 2 aliphatic heterocycles. The highest BCUT2D eigenvalue weighted by molar-refractivity contribution is 14.0. The fourth-order valence-corrected chi connectivity index (χ4v) is 4.75. The van der Waals surface area contributed by atoms with Gasteiger partial charge in [0.05, 0.1) is 19.3 Å². The molecule has 1 unspecified atom stereocenters. The number of hydrogen-bond donors (Lipinski definition) is 1. The molecule has 3 aliphatic rings. The number of ether oxygens (including phenoxy) is 1. The molecule has 1 aromatic rings. The van der Waals surface area contributed by atoms with Crippen molar-refractivity contribution in [1.82, 2.24) is 15.1 Å². The molecular weight excluding hydrogens is 470 g/mol. The first-order valence-electron chi connectivity index (χ1n) is 10.2. The molecule has 2 heterocycles. The molecule has 1 N–H and O–H groups in total. The lowest BCUT2D eigenvalue weighted by molar-refractivity contribution is 0.0168. The van der Waals surface area contributed by atoms with Crippen LogP contribution in [0.5, 0.6) is 0 Å². The second kappa shape index (κ2) is 9.71. The second-order valence-corrected chi connectivity index (χ2v) is 8.17. The van der Waals surface area contributed by atoms with Crippen molar-refractivity contribution in [3.05, 3.63) is 35.6 Å². The van der Waals surface area contributed by atoms with Crippen LogP contribution in [0.2, 0.25) is 0 Å². The van der Waals surface area contributed by atoms with Crippen molar-refractivity contribution in [2.75, 3.05) is 53.0 Å². The van der Waals surface area contributed by atoms with Crippen molar-refractivity contribution >= 4 is 29.9 Å². The van der Waals surface area contributed by atoms with Crippen LogP contribution < -0.4 is 5.32 Å². The topological polar surface area (TPSA) is 40.1 Å². The zero-order valence-electron chi connectivity index (χ0n) is 16.7. The predicted molar refractivity (Wildman–Crippen MR) is 121 cm³/mol. The van der Waals surface area contributed by atoms with Crippen LogP contribution in [0.1, 0.15) is 37.3 Å². The highest BCUT2D eigenvalue weighted by Gasteiger charge is 2.43. The first-order valence-corrected chi connectivity index (χ1v) is 10.2. The normalized spacial score (nSPS) is 23.2. The van der Waals surface area contributed by atoms with Gasteiger partial charge in [-0.3, -0.25) is 9.89 Å².